The van der Waals surface area contributed by atoms with Gasteiger partial charge >= 0.3 is 17.9 Å². The zero-order valence-electron chi connectivity index (χ0n) is 19.1. The van der Waals surface area contributed by atoms with Gasteiger partial charge in [-0.25, -0.2) is 0 Å². The molecule has 2 saturated carbocycles. The van der Waals surface area contributed by atoms with Crippen LogP contribution in [0.5, 0.6) is 0 Å². The van der Waals surface area contributed by atoms with Crippen molar-refractivity contribution in [1.82, 2.24) is 0 Å². The number of hydrogen-bond acceptors (Lipinski definition) is 8. The number of hydrogen-bond donors (Lipinski definition) is 0. The Morgan fingerprint density at radius 2 is 1.61 bits per heavy atom. The highest BCUT2D eigenvalue weighted by atomic mass is 16.7. The summed E-state index contributed by atoms with van der Waals surface area (Å²) in [5.41, 5.74) is -1.46. The van der Waals surface area contributed by atoms with Gasteiger partial charge in [-0.2, -0.15) is 0 Å². The molecule has 3 aliphatic rings. The number of carbonyl (C=O) groups is 3. The van der Waals surface area contributed by atoms with Gasteiger partial charge in [-0.3, -0.25) is 14.4 Å². The quantitative estimate of drug-likeness (QED) is 0.205. The van der Waals surface area contributed by atoms with Crippen molar-refractivity contribution in [1.29, 1.82) is 0 Å². The zero-order chi connectivity index (χ0) is 22.8. The molecule has 0 unspecified atom stereocenters. The Morgan fingerprint density at radius 1 is 0.935 bits per heavy atom. The fourth-order valence-electron chi connectivity index (χ4n) is 6.38. The van der Waals surface area contributed by atoms with E-state index in [1.54, 1.807) is 7.11 Å². The number of fused-ring (bicyclic) bond motifs is 3. The second kappa shape index (κ2) is 9.28. The van der Waals surface area contributed by atoms with Crippen molar-refractivity contribution in [3.63, 3.8) is 0 Å². The lowest BCUT2D eigenvalue weighted by Gasteiger charge is -2.57. The Hall–Kier alpha value is -1.93. The molecule has 31 heavy (non-hydrogen) atoms. The predicted molar refractivity (Wildman–Crippen MR) is 110 cm³/mol. The van der Waals surface area contributed by atoms with Gasteiger partial charge in [-0.05, 0) is 55.3 Å². The zero-order valence-corrected chi connectivity index (χ0v) is 19.1. The van der Waals surface area contributed by atoms with Gasteiger partial charge in [0.15, 0.2) is 5.41 Å². The normalized spacial score (nSPS) is 36.0. The molecule has 0 saturated heterocycles. The summed E-state index contributed by atoms with van der Waals surface area (Å²) < 4.78 is 26.0. The average Bonchev–Trinajstić information content (AvgIpc) is 2.80. The maximum Gasteiger partial charge on any atom is 0.323 e. The van der Waals surface area contributed by atoms with Gasteiger partial charge in [0.1, 0.15) is 6.79 Å². The monoisotopic (exact) mass is 438 g/mol. The van der Waals surface area contributed by atoms with E-state index in [1.807, 2.05) is 0 Å². The van der Waals surface area contributed by atoms with Gasteiger partial charge in [0.2, 0.25) is 0 Å². The molecular formula is C23H34O8. The molecule has 0 aromatic carbocycles. The van der Waals surface area contributed by atoms with Crippen molar-refractivity contribution in [3.05, 3.63) is 12.2 Å². The van der Waals surface area contributed by atoms with Crippen molar-refractivity contribution < 1.29 is 38.1 Å². The largest absolute Gasteiger partial charge is 0.469 e. The molecule has 8 heteroatoms. The number of rotatable bonds is 6. The first-order valence-electron chi connectivity index (χ1n) is 10.8. The van der Waals surface area contributed by atoms with E-state index >= 15 is 0 Å². The van der Waals surface area contributed by atoms with Crippen molar-refractivity contribution in [3.8, 4) is 0 Å². The SMILES string of the molecule is COCO[C@H]1CC[C@]2(C)[C@@H]3CCC(C(=O)OC)(C(=O)OC)C[C@H]3C=C[C@H]2[C@@H]1C(=O)OC. The maximum absolute atomic E-state index is 12.8. The van der Waals surface area contributed by atoms with Crippen molar-refractivity contribution in [2.45, 2.75) is 45.1 Å². The minimum Gasteiger partial charge on any atom is -0.469 e. The number of ether oxygens (including phenoxy) is 5. The maximum atomic E-state index is 12.8. The number of carbonyl (C=O) groups excluding carboxylic acids is 3. The molecule has 0 heterocycles. The van der Waals surface area contributed by atoms with E-state index in [0.717, 1.165) is 6.42 Å². The van der Waals surface area contributed by atoms with E-state index in [1.165, 1.54) is 21.3 Å². The number of esters is 3. The minimum absolute atomic E-state index is 0.0166. The van der Waals surface area contributed by atoms with Crippen LogP contribution in [-0.4, -0.2) is 59.2 Å². The van der Waals surface area contributed by atoms with Crippen molar-refractivity contribution >= 4 is 17.9 Å². The molecule has 0 radical (unpaired) electrons. The number of methoxy groups -OCH3 is 4. The topological polar surface area (TPSA) is 97.4 Å². The Labute approximate surface area is 183 Å². The van der Waals surface area contributed by atoms with Gasteiger partial charge < -0.3 is 23.7 Å². The fraction of sp³-hybridized carbons (Fsp3) is 0.783. The lowest BCUT2D eigenvalue weighted by molar-refractivity contribution is -0.183. The number of allylic oxidation sites excluding steroid dienone is 2. The smallest absolute Gasteiger partial charge is 0.323 e. The molecule has 174 valence electrons. The van der Waals surface area contributed by atoms with Gasteiger partial charge in [-0.1, -0.05) is 19.1 Å². The minimum atomic E-state index is -1.28. The van der Waals surface area contributed by atoms with Crippen LogP contribution in [0.15, 0.2) is 12.2 Å². The van der Waals surface area contributed by atoms with E-state index in [4.69, 9.17) is 23.7 Å². The summed E-state index contributed by atoms with van der Waals surface area (Å²) in [6, 6.07) is 0. The Balaban J connectivity index is 1.93. The Bertz CT molecular complexity index is 715. The molecule has 0 bridgehead atoms. The van der Waals surface area contributed by atoms with Crippen LogP contribution in [0.3, 0.4) is 0 Å². The molecule has 2 fully saturated rings. The highest BCUT2D eigenvalue weighted by Gasteiger charge is 2.61. The first kappa shape index (κ1) is 23.7. The summed E-state index contributed by atoms with van der Waals surface area (Å²) in [5.74, 6) is -1.60. The van der Waals surface area contributed by atoms with Gasteiger partial charge in [0.05, 0.1) is 33.4 Å². The Kier molecular flexibility index (Phi) is 7.11. The average molecular weight is 439 g/mol. The van der Waals surface area contributed by atoms with Gasteiger partial charge in [0.25, 0.3) is 0 Å². The van der Waals surface area contributed by atoms with Gasteiger partial charge in [-0.15, -0.1) is 0 Å². The van der Waals surface area contributed by atoms with E-state index in [0.29, 0.717) is 25.7 Å². The molecule has 3 aliphatic carbocycles. The Morgan fingerprint density at radius 3 is 2.19 bits per heavy atom. The third-order valence-electron chi connectivity index (χ3n) is 7.94. The van der Waals surface area contributed by atoms with Crippen LogP contribution < -0.4 is 0 Å². The molecule has 0 spiro atoms. The first-order valence-corrected chi connectivity index (χ1v) is 10.8. The third-order valence-corrected chi connectivity index (χ3v) is 7.94. The van der Waals surface area contributed by atoms with Crippen molar-refractivity contribution in [2.24, 2.45) is 34.5 Å². The standard InChI is InChI=1S/C23H34O8/c1-22-10-9-17(31-13-27-2)18(19(24)28-3)16(22)7-6-14-12-23(20(25)29-4,21(26)30-5)11-8-15(14)22/h6-7,14-18H,8-13H2,1-5H3/t14-,15-,16+,17+,18+,22-/m1/s1. The highest BCUT2D eigenvalue weighted by Crippen LogP contribution is 2.61. The van der Waals surface area contributed by atoms with Gasteiger partial charge in [0, 0.05) is 7.11 Å². The summed E-state index contributed by atoms with van der Waals surface area (Å²) in [4.78, 5) is 38.0. The lowest BCUT2D eigenvalue weighted by atomic mass is 9.47. The second-order valence-electron chi connectivity index (χ2n) is 9.19. The van der Waals surface area contributed by atoms with Crippen LogP contribution in [0, 0.1) is 34.5 Å². The summed E-state index contributed by atoms with van der Waals surface area (Å²) in [6.07, 6.45) is 6.82. The molecule has 0 N–H and O–H groups in total. The summed E-state index contributed by atoms with van der Waals surface area (Å²) >= 11 is 0. The molecule has 0 aromatic heterocycles. The molecular weight excluding hydrogens is 404 g/mol. The van der Waals surface area contributed by atoms with Crippen molar-refractivity contribution in [2.75, 3.05) is 35.2 Å². The molecule has 0 aromatic rings. The molecule has 0 aliphatic heterocycles. The van der Waals surface area contributed by atoms with E-state index < -0.39 is 23.3 Å². The van der Waals surface area contributed by atoms with Crippen LogP contribution in [-0.2, 0) is 38.1 Å². The van der Waals surface area contributed by atoms with Crippen LogP contribution >= 0.6 is 0 Å². The second-order valence-corrected chi connectivity index (χ2v) is 9.19. The first-order chi connectivity index (χ1) is 14.8. The van der Waals surface area contributed by atoms with Crippen LogP contribution in [0.1, 0.15) is 39.0 Å². The van der Waals surface area contributed by atoms with E-state index in [2.05, 4.69) is 19.1 Å². The lowest BCUT2D eigenvalue weighted by Crippen LogP contribution is -2.57. The van der Waals surface area contributed by atoms with Crippen LogP contribution in [0.4, 0.5) is 0 Å². The predicted octanol–water partition coefficient (Wildman–Crippen LogP) is 2.50. The van der Waals surface area contributed by atoms with Crippen LogP contribution in [0.2, 0.25) is 0 Å². The summed E-state index contributed by atoms with van der Waals surface area (Å²) in [7, 11) is 5.56. The van der Waals surface area contributed by atoms with E-state index in [-0.39, 0.29) is 42.0 Å². The molecule has 8 nitrogen and oxygen atoms in total. The third kappa shape index (κ3) is 3.89. The summed E-state index contributed by atoms with van der Waals surface area (Å²) in [6.45, 7) is 2.34. The molecule has 3 rings (SSSR count). The van der Waals surface area contributed by atoms with E-state index in [9.17, 15) is 14.4 Å². The summed E-state index contributed by atoms with van der Waals surface area (Å²) in [5, 5.41) is 0. The molecule has 0 amide bonds. The highest BCUT2D eigenvalue weighted by molar-refractivity contribution is 6.00. The molecule has 6 atom stereocenters. The van der Waals surface area contributed by atoms with Crippen LogP contribution in [0.25, 0.3) is 0 Å². The fourth-order valence-corrected chi connectivity index (χ4v) is 6.38.